The van der Waals surface area contributed by atoms with Crippen molar-refractivity contribution in [3.63, 3.8) is 0 Å². The largest absolute Gasteiger partial charge is 0.478 e. The molecule has 8 heteroatoms. The van der Waals surface area contributed by atoms with E-state index in [2.05, 4.69) is 15.4 Å². The van der Waals surface area contributed by atoms with Gasteiger partial charge in [-0.2, -0.15) is 5.10 Å². The third kappa shape index (κ3) is 4.59. The first-order valence-corrected chi connectivity index (χ1v) is 10.7. The molecule has 0 saturated heterocycles. The van der Waals surface area contributed by atoms with E-state index in [-0.39, 0.29) is 11.5 Å². The standard InChI is InChI=1S/C25H23ClN4O3/c1-14-5-6-15(12-20(14)28-24(33)25(2,3)4)21-13-30-22(27-21)10-9-19(29-30)17-8-7-16(23(31)32)11-18(17)26/h5-13H,1-4H3,(H,28,33)(H,31,32). The average molecular weight is 463 g/mol. The number of hydrogen-bond donors (Lipinski definition) is 2. The number of benzene rings is 2. The lowest BCUT2D eigenvalue weighted by molar-refractivity contribution is -0.123. The molecular weight excluding hydrogens is 440 g/mol. The van der Waals surface area contributed by atoms with Gasteiger partial charge in [0, 0.05) is 22.2 Å². The number of nitrogens with one attached hydrogen (secondary N) is 1. The summed E-state index contributed by atoms with van der Waals surface area (Å²) in [5, 5.41) is 17.0. The van der Waals surface area contributed by atoms with Gasteiger partial charge in [0.1, 0.15) is 0 Å². The van der Waals surface area contributed by atoms with E-state index >= 15 is 0 Å². The summed E-state index contributed by atoms with van der Waals surface area (Å²) in [4.78, 5) is 28.3. The van der Waals surface area contributed by atoms with E-state index in [4.69, 9.17) is 16.7 Å². The summed E-state index contributed by atoms with van der Waals surface area (Å²) in [6.07, 6.45) is 1.80. The maximum atomic E-state index is 12.4. The maximum Gasteiger partial charge on any atom is 0.335 e. The van der Waals surface area contributed by atoms with E-state index in [1.807, 2.05) is 52.0 Å². The average Bonchev–Trinajstić information content (AvgIpc) is 3.17. The molecule has 2 aromatic heterocycles. The Balaban J connectivity index is 1.69. The Morgan fingerprint density at radius 1 is 1.03 bits per heavy atom. The monoisotopic (exact) mass is 462 g/mol. The van der Waals surface area contributed by atoms with Gasteiger partial charge < -0.3 is 10.4 Å². The molecule has 0 aliphatic carbocycles. The minimum atomic E-state index is -1.04. The molecular formula is C25H23ClN4O3. The number of hydrogen-bond acceptors (Lipinski definition) is 4. The van der Waals surface area contributed by atoms with E-state index in [0.29, 0.717) is 27.6 Å². The van der Waals surface area contributed by atoms with Gasteiger partial charge in [0.2, 0.25) is 5.91 Å². The van der Waals surface area contributed by atoms with Crippen LogP contribution < -0.4 is 5.32 Å². The van der Waals surface area contributed by atoms with Crippen LogP contribution in [0.3, 0.4) is 0 Å². The quantitative estimate of drug-likeness (QED) is 0.405. The lowest BCUT2D eigenvalue weighted by atomic mass is 9.95. The number of carboxylic acid groups (broad SMARTS) is 1. The number of aromatic nitrogens is 3. The number of carbonyl (C=O) groups is 2. The molecule has 0 aliphatic rings. The smallest absolute Gasteiger partial charge is 0.335 e. The molecule has 0 atom stereocenters. The van der Waals surface area contributed by atoms with Crippen LogP contribution in [0.2, 0.25) is 5.02 Å². The van der Waals surface area contributed by atoms with Crippen LogP contribution in [0, 0.1) is 12.3 Å². The zero-order chi connectivity index (χ0) is 23.9. The van der Waals surface area contributed by atoms with Gasteiger partial charge in [0.15, 0.2) is 5.65 Å². The van der Waals surface area contributed by atoms with Crippen LogP contribution in [0.1, 0.15) is 36.7 Å². The maximum absolute atomic E-state index is 12.4. The van der Waals surface area contributed by atoms with Crippen molar-refractivity contribution >= 4 is 34.8 Å². The molecule has 2 aromatic carbocycles. The van der Waals surface area contributed by atoms with Gasteiger partial charge in [-0.1, -0.05) is 50.6 Å². The predicted molar refractivity (Wildman–Crippen MR) is 129 cm³/mol. The van der Waals surface area contributed by atoms with Crippen LogP contribution in [0.5, 0.6) is 0 Å². The molecule has 7 nitrogen and oxygen atoms in total. The Morgan fingerprint density at radius 2 is 1.79 bits per heavy atom. The van der Waals surface area contributed by atoms with Gasteiger partial charge in [-0.15, -0.1) is 0 Å². The number of imidazole rings is 1. The lowest BCUT2D eigenvalue weighted by Crippen LogP contribution is -2.27. The van der Waals surface area contributed by atoms with Crippen molar-refractivity contribution in [3.05, 3.63) is 70.9 Å². The second kappa shape index (κ2) is 8.33. The molecule has 0 fully saturated rings. The Morgan fingerprint density at radius 3 is 2.45 bits per heavy atom. The van der Waals surface area contributed by atoms with E-state index in [1.54, 1.807) is 22.8 Å². The molecule has 4 rings (SSSR count). The number of rotatable bonds is 4. The normalized spacial score (nSPS) is 11.5. The van der Waals surface area contributed by atoms with Gasteiger partial charge in [0.05, 0.1) is 28.2 Å². The fraction of sp³-hybridized carbons (Fsp3) is 0.200. The van der Waals surface area contributed by atoms with Gasteiger partial charge in [-0.05, 0) is 42.8 Å². The number of aromatic carboxylic acids is 1. The highest BCUT2D eigenvalue weighted by Crippen LogP contribution is 2.30. The van der Waals surface area contributed by atoms with E-state index < -0.39 is 11.4 Å². The Hall–Kier alpha value is -3.71. The number of carbonyl (C=O) groups excluding carboxylic acids is 1. The number of carboxylic acids is 1. The van der Waals surface area contributed by atoms with Crippen molar-refractivity contribution in [1.29, 1.82) is 0 Å². The highest BCUT2D eigenvalue weighted by Gasteiger charge is 2.22. The second-order valence-corrected chi connectivity index (χ2v) is 9.29. The van der Waals surface area contributed by atoms with Crippen LogP contribution >= 0.6 is 11.6 Å². The third-order valence-corrected chi connectivity index (χ3v) is 5.59. The first-order chi connectivity index (χ1) is 15.5. The molecule has 2 N–H and O–H groups in total. The Bertz CT molecular complexity index is 1400. The predicted octanol–water partition coefficient (Wildman–Crippen LogP) is 5.71. The fourth-order valence-corrected chi connectivity index (χ4v) is 3.52. The lowest BCUT2D eigenvalue weighted by Gasteiger charge is -2.19. The number of anilines is 1. The molecule has 4 aromatic rings. The van der Waals surface area contributed by atoms with Gasteiger partial charge >= 0.3 is 5.97 Å². The topological polar surface area (TPSA) is 96.6 Å². The number of halogens is 1. The molecule has 0 radical (unpaired) electrons. The summed E-state index contributed by atoms with van der Waals surface area (Å²) in [6.45, 7) is 7.55. The minimum absolute atomic E-state index is 0.0603. The molecule has 1 amide bonds. The van der Waals surface area contributed by atoms with Gasteiger partial charge in [-0.3, -0.25) is 4.79 Å². The van der Waals surface area contributed by atoms with Gasteiger partial charge in [0.25, 0.3) is 0 Å². The SMILES string of the molecule is Cc1ccc(-c2cn3nc(-c4ccc(C(=O)O)cc4Cl)ccc3n2)cc1NC(=O)C(C)(C)C. The van der Waals surface area contributed by atoms with Crippen molar-refractivity contribution in [1.82, 2.24) is 14.6 Å². The first kappa shape index (κ1) is 22.5. The summed E-state index contributed by atoms with van der Waals surface area (Å²) >= 11 is 6.30. The molecule has 33 heavy (non-hydrogen) atoms. The summed E-state index contributed by atoms with van der Waals surface area (Å²) < 4.78 is 1.65. The number of aryl methyl sites for hydroxylation is 1. The zero-order valence-electron chi connectivity index (χ0n) is 18.7. The van der Waals surface area contributed by atoms with E-state index in [1.165, 1.54) is 12.1 Å². The summed E-state index contributed by atoms with van der Waals surface area (Å²) in [5.41, 5.74) is 4.73. The van der Waals surface area contributed by atoms with Crippen molar-refractivity contribution in [2.75, 3.05) is 5.32 Å². The van der Waals surface area contributed by atoms with Crippen LogP contribution in [0.15, 0.2) is 54.7 Å². The Labute approximate surface area is 196 Å². The third-order valence-electron chi connectivity index (χ3n) is 5.27. The molecule has 2 heterocycles. The van der Waals surface area contributed by atoms with Crippen molar-refractivity contribution in [2.45, 2.75) is 27.7 Å². The van der Waals surface area contributed by atoms with Crippen LogP contribution in [0.4, 0.5) is 5.69 Å². The van der Waals surface area contributed by atoms with E-state index in [9.17, 15) is 9.59 Å². The van der Waals surface area contributed by atoms with Crippen molar-refractivity contribution in [2.24, 2.45) is 5.41 Å². The van der Waals surface area contributed by atoms with E-state index in [0.717, 1.165) is 16.8 Å². The van der Waals surface area contributed by atoms with Gasteiger partial charge in [-0.25, -0.2) is 14.3 Å². The molecule has 0 unspecified atom stereocenters. The molecule has 0 bridgehead atoms. The summed E-state index contributed by atoms with van der Waals surface area (Å²) in [7, 11) is 0. The van der Waals surface area contributed by atoms with Crippen molar-refractivity contribution < 1.29 is 14.7 Å². The minimum Gasteiger partial charge on any atom is -0.478 e. The van der Waals surface area contributed by atoms with Crippen LogP contribution in [-0.2, 0) is 4.79 Å². The second-order valence-electron chi connectivity index (χ2n) is 8.88. The van der Waals surface area contributed by atoms with Crippen molar-refractivity contribution in [3.8, 4) is 22.5 Å². The highest BCUT2D eigenvalue weighted by atomic mass is 35.5. The number of nitrogens with zero attached hydrogens (tertiary/aromatic N) is 3. The number of fused-ring (bicyclic) bond motifs is 1. The Kier molecular flexibility index (Phi) is 5.68. The fourth-order valence-electron chi connectivity index (χ4n) is 3.25. The summed E-state index contributed by atoms with van der Waals surface area (Å²) in [5.74, 6) is -1.10. The zero-order valence-corrected chi connectivity index (χ0v) is 19.4. The first-order valence-electron chi connectivity index (χ1n) is 10.3. The number of amides is 1. The highest BCUT2D eigenvalue weighted by molar-refractivity contribution is 6.33. The molecule has 0 spiro atoms. The molecule has 0 aliphatic heterocycles. The van der Waals surface area contributed by atoms with Crippen LogP contribution in [0.25, 0.3) is 28.2 Å². The molecule has 168 valence electrons. The summed E-state index contributed by atoms with van der Waals surface area (Å²) in [6, 6.07) is 14.0. The molecule has 0 saturated carbocycles. The van der Waals surface area contributed by atoms with Crippen LogP contribution in [-0.4, -0.2) is 31.6 Å².